The summed E-state index contributed by atoms with van der Waals surface area (Å²) in [6, 6.07) is 10.5. The molecule has 0 saturated heterocycles. The van der Waals surface area contributed by atoms with Gasteiger partial charge in [0.15, 0.2) is 5.76 Å². The van der Waals surface area contributed by atoms with Crippen LogP contribution in [0.25, 0.3) is 11.5 Å². The highest BCUT2D eigenvalue weighted by Gasteiger charge is 2.06. The number of nitrogens with zero attached hydrogens (tertiary/aromatic N) is 3. The second kappa shape index (κ2) is 4.77. The van der Waals surface area contributed by atoms with Crippen LogP contribution in [0.4, 0.5) is 5.69 Å². The summed E-state index contributed by atoms with van der Waals surface area (Å²) in [6.45, 7) is 0. The summed E-state index contributed by atoms with van der Waals surface area (Å²) in [5.41, 5.74) is 6.91. The van der Waals surface area contributed by atoms with Gasteiger partial charge >= 0.3 is 0 Å². The van der Waals surface area contributed by atoms with Crippen LogP contribution in [-0.4, -0.2) is 15.1 Å². The zero-order valence-corrected chi connectivity index (χ0v) is 9.85. The van der Waals surface area contributed by atoms with E-state index in [1.807, 2.05) is 6.07 Å². The van der Waals surface area contributed by atoms with E-state index in [0.717, 1.165) is 0 Å². The van der Waals surface area contributed by atoms with Crippen LogP contribution in [0.2, 0.25) is 0 Å². The summed E-state index contributed by atoms with van der Waals surface area (Å²) in [5, 5.41) is 3.63. The van der Waals surface area contributed by atoms with Gasteiger partial charge in [-0.25, -0.2) is 9.97 Å². The van der Waals surface area contributed by atoms with Gasteiger partial charge in [-0.3, -0.25) is 0 Å². The number of ether oxygens (including phenoxy) is 1. The summed E-state index contributed by atoms with van der Waals surface area (Å²) >= 11 is 0. The van der Waals surface area contributed by atoms with Crippen molar-refractivity contribution in [2.24, 2.45) is 0 Å². The highest BCUT2D eigenvalue weighted by atomic mass is 16.5. The topological polar surface area (TPSA) is 87.1 Å². The first-order valence-corrected chi connectivity index (χ1v) is 5.58. The van der Waals surface area contributed by atoms with Gasteiger partial charge in [0.25, 0.3) is 0 Å². The quantitative estimate of drug-likeness (QED) is 0.722. The van der Waals surface area contributed by atoms with E-state index in [1.54, 1.807) is 36.5 Å². The summed E-state index contributed by atoms with van der Waals surface area (Å²) < 4.78 is 10.6. The summed E-state index contributed by atoms with van der Waals surface area (Å²) in [6.07, 6.45) is 2.95. The first kappa shape index (κ1) is 11.2. The van der Waals surface area contributed by atoms with Crippen molar-refractivity contribution in [2.75, 3.05) is 5.73 Å². The molecule has 0 aliphatic carbocycles. The van der Waals surface area contributed by atoms with Gasteiger partial charge in [-0.15, -0.1) is 0 Å². The highest BCUT2D eigenvalue weighted by molar-refractivity contribution is 5.52. The maximum absolute atomic E-state index is 5.68. The average Bonchev–Trinajstić information content (AvgIpc) is 2.93. The van der Waals surface area contributed by atoms with Crippen LogP contribution >= 0.6 is 0 Å². The molecule has 0 amide bonds. The molecule has 0 bridgehead atoms. The molecule has 0 radical (unpaired) electrons. The van der Waals surface area contributed by atoms with Crippen molar-refractivity contribution in [3.63, 3.8) is 0 Å². The van der Waals surface area contributed by atoms with Crippen molar-refractivity contribution in [2.45, 2.75) is 0 Å². The minimum absolute atomic E-state index is 0.409. The molecule has 0 atom stereocenters. The first-order chi connectivity index (χ1) is 9.31. The van der Waals surface area contributed by atoms with Gasteiger partial charge in [-0.05, 0) is 12.1 Å². The summed E-state index contributed by atoms with van der Waals surface area (Å²) in [7, 11) is 0. The van der Waals surface area contributed by atoms with Gasteiger partial charge in [-0.1, -0.05) is 11.2 Å². The van der Waals surface area contributed by atoms with E-state index in [1.165, 1.54) is 6.33 Å². The predicted octanol–water partition coefficient (Wildman–Crippen LogP) is 2.51. The normalized spacial score (nSPS) is 10.3. The van der Waals surface area contributed by atoms with Crippen molar-refractivity contribution >= 4 is 5.69 Å². The Morgan fingerprint density at radius 1 is 1.11 bits per heavy atom. The van der Waals surface area contributed by atoms with Crippen LogP contribution in [0.3, 0.4) is 0 Å². The molecule has 2 N–H and O–H groups in total. The molecule has 3 rings (SSSR count). The minimum atomic E-state index is 0.409. The van der Waals surface area contributed by atoms with E-state index >= 15 is 0 Å². The summed E-state index contributed by atoms with van der Waals surface area (Å²) in [4.78, 5) is 8.13. The first-order valence-electron chi connectivity index (χ1n) is 5.58. The number of anilines is 1. The van der Waals surface area contributed by atoms with Crippen molar-refractivity contribution in [3.05, 3.63) is 48.9 Å². The lowest BCUT2D eigenvalue weighted by molar-refractivity contribution is 0.429. The SMILES string of the molecule is Nc1cccc(Oc2cc(-c3ccno3)ncn2)c1. The molecule has 94 valence electrons. The highest BCUT2D eigenvalue weighted by Crippen LogP contribution is 2.24. The molecular formula is C13H10N4O2. The fraction of sp³-hybridized carbons (Fsp3) is 0. The number of nitrogen functional groups attached to an aromatic ring is 1. The van der Waals surface area contributed by atoms with Crippen molar-refractivity contribution in [1.29, 1.82) is 0 Å². The monoisotopic (exact) mass is 254 g/mol. The van der Waals surface area contributed by atoms with Gasteiger partial charge in [-0.2, -0.15) is 0 Å². The third kappa shape index (κ3) is 2.52. The minimum Gasteiger partial charge on any atom is -0.439 e. The Bertz CT molecular complexity index is 683. The van der Waals surface area contributed by atoms with Crippen LogP contribution in [-0.2, 0) is 0 Å². The van der Waals surface area contributed by atoms with Crippen LogP contribution in [0.15, 0.2) is 53.4 Å². The third-order valence-electron chi connectivity index (χ3n) is 2.41. The Kier molecular flexibility index (Phi) is 2.82. The molecule has 0 aliphatic rings. The lowest BCUT2D eigenvalue weighted by Crippen LogP contribution is -1.92. The van der Waals surface area contributed by atoms with E-state index in [0.29, 0.717) is 28.8 Å². The molecule has 2 aromatic heterocycles. The van der Waals surface area contributed by atoms with E-state index in [9.17, 15) is 0 Å². The van der Waals surface area contributed by atoms with Gasteiger partial charge in [0, 0.05) is 23.9 Å². The molecule has 3 aromatic rings. The predicted molar refractivity (Wildman–Crippen MR) is 68.5 cm³/mol. The van der Waals surface area contributed by atoms with Gasteiger partial charge in [0.2, 0.25) is 5.88 Å². The molecule has 0 unspecified atom stereocenters. The molecule has 2 heterocycles. The second-order valence-electron chi connectivity index (χ2n) is 3.79. The molecule has 0 saturated carbocycles. The fourth-order valence-corrected chi connectivity index (χ4v) is 1.58. The average molecular weight is 254 g/mol. The zero-order chi connectivity index (χ0) is 13.1. The Balaban J connectivity index is 1.88. The summed E-state index contributed by atoms with van der Waals surface area (Å²) in [5.74, 6) is 1.58. The molecule has 0 fully saturated rings. The zero-order valence-electron chi connectivity index (χ0n) is 9.85. The molecule has 1 aromatic carbocycles. The molecule has 19 heavy (non-hydrogen) atoms. The van der Waals surface area contributed by atoms with Crippen molar-refractivity contribution in [3.8, 4) is 23.1 Å². The Morgan fingerprint density at radius 2 is 2.05 bits per heavy atom. The lowest BCUT2D eigenvalue weighted by atomic mass is 10.3. The second-order valence-corrected chi connectivity index (χ2v) is 3.79. The maximum Gasteiger partial charge on any atom is 0.222 e. The third-order valence-corrected chi connectivity index (χ3v) is 2.41. The van der Waals surface area contributed by atoms with Gasteiger partial charge in [0.1, 0.15) is 17.8 Å². The van der Waals surface area contributed by atoms with Crippen LogP contribution in [0, 0.1) is 0 Å². The maximum atomic E-state index is 5.68. The number of hydrogen-bond acceptors (Lipinski definition) is 6. The van der Waals surface area contributed by atoms with Crippen LogP contribution in [0.1, 0.15) is 0 Å². The van der Waals surface area contributed by atoms with E-state index in [-0.39, 0.29) is 0 Å². The largest absolute Gasteiger partial charge is 0.439 e. The van der Waals surface area contributed by atoms with Crippen molar-refractivity contribution in [1.82, 2.24) is 15.1 Å². The lowest BCUT2D eigenvalue weighted by Gasteiger charge is -2.05. The van der Waals surface area contributed by atoms with Gasteiger partial charge < -0.3 is 15.0 Å². The van der Waals surface area contributed by atoms with E-state index < -0.39 is 0 Å². The number of aromatic nitrogens is 3. The number of rotatable bonds is 3. The molecule has 6 heteroatoms. The standard InChI is InChI=1S/C13H10N4O2/c14-9-2-1-3-10(6-9)18-13-7-11(15-8-16-13)12-4-5-17-19-12/h1-8H,14H2. The smallest absolute Gasteiger partial charge is 0.222 e. The number of hydrogen-bond donors (Lipinski definition) is 1. The van der Waals surface area contributed by atoms with E-state index in [2.05, 4.69) is 15.1 Å². The number of benzene rings is 1. The number of nitrogens with two attached hydrogens (primary N) is 1. The fourth-order valence-electron chi connectivity index (χ4n) is 1.58. The van der Waals surface area contributed by atoms with E-state index in [4.69, 9.17) is 15.0 Å². The Morgan fingerprint density at radius 3 is 2.84 bits per heavy atom. The Hall–Kier alpha value is -2.89. The molecule has 6 nitrogen and oxygen atoms in total. The van der Waals surface area contributed by atoms with Crippen molar-refractivity contribution < 1.29 is 9.26 Å². The molecular weight excluding hydrogens is 244 g/mol. The molecule has 0 aliphatic heterocycles. The van der Waals surface area contributed by atoms with Crippen LogP contribution < -0.4 is 10.5 Å². The van der Waals surface area contributed by atoms with Gasteiger partial charge in [0.05, 0.1) is 6.20 Å². The van der Waals surface area contributed by atoms with Crippen LogP contribution in [0.5, 0.6) is 11.6 Å². The molecule has 0 spiro atoms. The Labute approximate surface area is 108 Å².